The summed E-state index contributed by atoms with van der Waals surface area (Å²) < 4.78 is 17.7. The number of nitrogens with zero attached hydrogens (tertiary/aromatic N) is 8. The van der Waals surface area contributed by atoms with Crippen LogP contribution in [0.3, 0.4) is 0 Å². The highest BCUT2D eigenvalue weighted by Gasteiger charge is 2.31. The molecule has 1 aliphatic carbocycles. The van der Waals surface area contributed by atoms with Crippen molar-refractivity contribution in [3.63, 3.8) is 0 Å². The fourth-order valence-electron chi connectivity index (χ4n) is 10.2. The van der Waals surface area contributed by atoms with Gasteiger partial charge in [-0.3, -0.25) is 19.1 Å². The standard InChI is InChI=1S/C60H40N8O2/c1-3-15-43(16-4-1)67-49-27-29-61-37-47(49)63-59(67)41-31-39(33-45(35-41)65-51-19-7-11-23-55(51)69-56-24-12-8-20-52(56)65)40-32-42(60-64-48-38-62-30-28-50(48)68(60)44-17-5-2-6-18-44)36-46(34-40)66-53-21-9-13-25-57(53)70-58-26-14-10-22-54(58)66/h1-13,15-25,27-38H,14,26H2. The molecule has 0 bridgehead atoms. The van der Waals surface area contributed by atoms with E-state index in [4.69, 9.17) is 19.4 Å². The predicted molar refractivity (Wildman–Crippen MR) is 277 cm³/mol. The van der Waals surface area contributed by atoms with Gasteiger partial charge in [-0.25, -0.2) is 9.97 Å². The minimum Gasteiger partial charge on any atom is -0.457 e. The first-order chi connectivity index (χ1) is 34.7. The van der Waals surface area contributed by atoms with Gasteiger partial charge in [0.15, 0.2) is 17.2 Å². The zero-order chi connectivity index (χ0) is 46.1. The van der Waals surface area contributed by atoms with Crippen LogP contribution >= 0.6 is 0 Å². The number of hydrogen-bond acceptors (Lipinski definition) is 8. The van der Waals surface area contributed by atoms with Crippen LogP contribution in [0.4, 0.5) is 28.4 Å². The van der Waals surface area contributed by atoms with E-state index in [1.807, 2.05) is 79.4 Å². The predicted octanol–water partition coefficient (Wildman–Crippen LogP) is 14.8. The van der Waals surface area contributed by atoms with Gasteiger partial charge in [0.1, 0.15) is 28.4 Å². The lowest BCUT2D eigenvalue weighted by molar-refractivity contribution is 0.388. The van der Waals surface area contributed by atoms with Crippen LogP contribution in [0, 0.1) is 0 Å². The fourth-order valence-corrected chi connectivity index (χ4v) is 10.2. The molecule has 0 atom stereocenters. The molecule has 3 aliphatic rings. The molecule has 0 saturated heterocycles. The van der Waals surface area contributed by atoms with Crippen molar-refractivity contribution in [2.75, 3.05) is 9.80 Å². The van der Waals surface area contributed by atoms with Crippen LogP contribution in [-0.2, 0) is 0 Å². The second kappa shape index (κ2) is 16.1. The van der Waals surface area contributed by atoms with Crippen molar-refractivity contribution >= 4 is 50.5 Å². The van der Waals surface area contributed by atoms with Crippen molar-refractivity contribution < 1.29 is 9.47 Å². The number of para-hydroxylation sites is 8. The molecule has 4 aromatic heterocycles. The van der Waals surface area contributed by atoms with Gasteiger partial charge >= 0.3 is 0 Å². The average molecular weight is 905 g/mol. The zero-order valence-electron chi connectivity index (χ0n) is 37.6. The van der Waals surface area contributed by atoms with E-state index in [-0.39, 0.29) is 0 Å². The molecule has 0 radical (unpaired) electrons. The number of imidazole rings is 2. The highest BCUT2D eigenvalue weighted by molar-refractivity contribution is 5.93. The number of anilines is 5. The van der Waals surface area contributed by atoms with Crippen LogP contribution in [0.25, 0.3) is 67.3 Å². The van der Waals surface area contributed by atoms with E-state index in [9.17, 15) is 0 Å². The van der Waals surface area contributed by atoms with E-state index < -0.39 is 0 Å². The molecule has 14 rings (SSSR count). The second-order valence-electron chi connectivity index (χ2n) is 17.5. The maximum absolute atomic E-state index is 6.65. The summed E-state index contributed by atoms with van der Waals surface area (Å²) in [6, 6.07) is 63.2. The molecule has 0 unspecified atom stereocenters. The SMILES string of the molecule is C1=CC2=C(CC1)Oc1ccccc1N2c1cc(-c2cc(-c3nc4cnccc4n3-c3ccccc3)cc(N3c4ccccc4Oc4ccccc43)c2)cc(-c2nc3cnccc3n2-c2ccccc2)c1. The Morgan fingerprint density at radius 1 is 0.414 bits per heavy atom. The Labute approximate surface area is 403 Å². The summed E-state index contributed by atoms with van der Waals surface area (Å²) in [5, 5.41) is 0. The van der Waals surface area contributed by atoms with Crippen molar-refractivity contribution in [2.24, 2.45) is 0 Å². The van der Waals surface area contributed by atoms with Crippen LogP contribution in [0.5, 0.6) is 17.2 Å². The third kappa shape index (κ3) is 6.49. The number of benzene rings is 7. The molecular formula is C60H40N8O2. The molecule has 0 amide bonds. The van der Waals surface area contributed by atoms with E-state index in [1.54, 1.807) is 0 Å². The molecule has 10 heteroatoms. The van der Waals surface area contributed by atoms with Crippen LogP contribution in [0.15, 0.2) is 230 Å². The van der Waals surface area contributed by atoms with Gasteiger partial charge in [-0.15, -0.1) is 0 Å². The minimum atomic E-state index is 0.768. The monoisotopic (exact) mass is 904 g/mol. The third-order valence-corrected chi connectivity index (χ3v) is 13.3. The number of allylic oxidation sites excluding steroid dienone is 3. The van der Waals surface area contributed by atoms with Crippen LogP contribution in [0.1, 0.15) is 12.8 Å². The molecule has 6 heterocycles. The molecule has 70 heavy (non-hydrogen) atoms. The van der Waals surface area contributed by atoms with Crippen molar-refractivity contribution in [2.45, 2.75) is 12.8 Å². The van der Waals surface area contributed by atoms with Gasteiger partial charge in [-0.2, -0.15) is 0 Å². The molecule has 11 aromatic rings. The Bertz CT molecular complexity index is 3890. The molecular weight excluding hydrogens is 865 g/mol. The van der Waals surface area contributed by atoms with E-state index in [0.29, 0.717) is 0 Å². The Kier molecular flexibility index (Phi) is 9.09. The summed E-state index contributed by atoms with van der Waals surface area (Å²) in [5.74, 6) is 4.87. The summed E-state index contributed by atoms with van der Waals surface area (Å²) in [6.45, 7) is 0. The van der Waals surface area contributed by atoms with Gasteiger partial charge in [0.05, 0.1) is 46.2 Å². The number of hydrogen-bond donors (Lipinski definition) is 0. The lowest BCUT2D eigenvalue weighted by atomic mass is 9.96. The zero-order valence-corrected chi connectivity index (χ0v) is 37.6. The van der Waals surface area contributed by atoms with E-state index in [1.165, 1.54) is 0 Å². The first-order valence-corrected chi connectivity index (χ1v) is 23.4. The average Bonchev–Trinajstić information content (AvgIpc) is 4.02. The van der Waals surface area contributed by atoms with Gasteiger partial charge in [-0.05, 0) is 133 Å². The quantitative estimate of drug-likeness (QED) is 0.156. The summed E-state index contributed by atoms with van der Waals surface area (Å²) >= 11 is 0. The molecule has 0 N–H and O–H groups in total. The Morgan fingerprint density at radius 2 is 0.871 bits per heavy atom. The number of pyridine rings is 2. The summed E-state index contributed by atoms with van der Waals surface area (Å²) in [6.07, 6.45) is 13.5. The van der Waals surface area contributed by atoms with E-state index in [0.717, 1.165) is 137 Å². The lowest BCUT2D eigenvalue weighted by Gasteiger charge is -2.35. The number of ether oxygens (including phenoxy) is 2. The van der Waals surface area contributed by atoms with Crippen molar-refractivity contribution in [1.29, 1.82) is 0 Å². The van der Waals surface area contributed by atoms with Crippen LogP contribution < -0.4 is 19.3 Å². The first-order valence-electron chi connectivity index (χ1n) is 23.4. The highest BCUT2D eigenvalue weighted by atomic mass is 16.5. The maximum Gasteiger partial charge on any atom is 0.151 e. The summed E-state index contributed by atoms with van der Waals surface area (Å²) in [4.78, 5) is 24.4. The molecule has 2 aliphatic heterocycles. The van der Waals surface area contributed by atoms with Crippen LogP contribution in [0.2, 0.25) is 0 Å². The van der Waals surface area contributed by atoms with Crippen LogP contribution in [-0.4, -0.2) is 29.1 Å². The second-order valence-corrected chi connectivity index (χ2v) is 17.5. The minimum absolute atomic E-state index is 0.768. The largest absolute Gasteiger partial charge is 0.457 e. The molecule has 0 saturated carbocycles. The summed E-state index contributed by atoms with van der Waals surface area (Å²) in [5.41, 5.74) is 15.0. The van der Waals surface area contributed by atoms with Crippen molar-refractivity contribution in [3.8, 4) is 62.5 Å². The van der Waals surface area contributed by atoms with Crippen molar-refractivity contribution in [3.05, 3.63) is 230 Å². The molecule has 0 fully saturated rings. The molecule has 10 nitrogen and oxygen atoms in total. The first kappa shape index (κ1) is 39.6. The van der Waals surface area contributed by atoms with Gasteiger partial charge < -0.3 is 19.3 Å². The Morgan fingerprint density at radius 3 is 1.41 bits per heavy atom. The number of fused-ring (bicyclic) bond motifs is 5. The van der Waals surface area contributed by atoms with Gasteiger partial charge in [0, 0.05) is 52.7 Å². The van der Waals surface area contributed by atoms with Gasteiger partial charge in [-0.1, -0.05) is 78.9 Å². The van der Waals surface area contributed by atoms with E-state index in [2.05, 4.69) is 168 Å². The highest BCUT2D eigenvalue weighted by Crippen LogP contribution is 2.52. The molecule has 7 aromatic carbocycles. The van der Waals surface area contributed by atoms with Crippen molar-refractivity contribution in [1.82, 2.24) is 29.1 Å². The lowest BCUT2D eigenvalue weighted by Crippen LogP contribution is -2.25. The smallest absolute Gasteiger partial charge is 0.151 e. The summed E-state index contributed by atoms with van der Waals surface area (Å²) in [7, 11) is 0. The van der Waals surface area contributed by atoms with Gasteiger partial charge in [0.25, 0.3) is 0 Å². The molecule has 0 spiro atoms. The topological polar surface area (TPSA) is 86.4 Å². The Balaban J connectivity index is 1.08. The van der Waals surface area contributed by atoms with Gasteiger partial charge in [0.2, 0.25) is 0 Å². The molecule has 332 valence electrons. The third-order valence-electron chi connectivity index (χ3n) is 13.3. The number of rotatable bonds is 7. The van der Waals surface area contributed by atoms with E-state index >= 15 is 0 Å². The fraction of sp³-hybridized carbons (Fsp3) is 0.0333. The normalized spacial score (nSPS) is 13.7. The number of aromatic nitrogens is 6. The maximum atomic E-state index is 6.65. The Hall–Kier alpha value is -9.54.